The summed E-state index contributed by atoms with van der Waals surface area (Å²) in [6, 6.07) is 0. The lowest BCUT2D eigenvalue weighted by molar-refractivity contribution is -0.118. The van der Waals surface area contributed by atoms with Crippen LogP contribution in [0, 0.1) is 5.92 Å². The summed E-state index contributed by atoms with van der Waals surface area (Å²) in [6.07, 6.45) is 5.67. The second-order valence-corrected chi connectivity index (χ2v) is 6.06. The minimum absolute atomic E-state index is 0.192. The zero-order chi connectivity index (χ0) is 13.0. The predicted octanol–water partition coefficient (Wildman–Crippen LogP) is 1.20. The fourth-order valence-corrected chi connectivity index (χ4v) is 3.22. The van der Waals surface area contributed by atoms with E-state index in [1.807, 2.05) is 6.20 Å². The standard InChI is InChI=1S/C12H20N4OS/c13-11(17)4-3-9-2-1-5-16(7-9)8-10-6-15-12(14)18-10/h6,9H,1-5,7-8H2,(H2,13,17)(H2,14,15). The third-order valence-electron chi connectivity index (χ3n) is 3.35. The summed E-state index contributed by atoms with van der Waals surface area (Å²) in [5, 5.41) is 0.632. The molecule has 4 N–H and O–H groups in total. The molecule has 1 amide bonds. The van der Waals surface area contributed by atoms with Crippen molar-refractivity contribution < 1.29 is 4.79 Å². The van der Waals surface area contributed by atoms with Crippen molar-refractivity contribution >= 4 is 22.4 Å². The van der Waals surface area contributed by atoms with Gasteiger partial charge in [-0.25, -0.2) is 4.98 Å². The molecule has 18 heavy (non-hydrogen) atoms. The molecule has 100 valence electrons. The summed E-state index contributed by atoms with van der Waals surface area (Å²) < 4.78 is 0. The minimum atomic E-state index is -0.192. The summed E-state index contributed by atoms with van der Waals surface area (Å²) in [4.78, 5) is 18.5. The van der Waals surface area contributed by atoms with Gasteiger partial charge in [-0.2, -0.15) is 0 Å². The van der Waals surface area contributed by atoms with E-state index in [2.05, 4.69) is 9.88 Å². The third kappa shape index (κ3) is 3.96. The van der Waals surface area contributed by atoms with Gasteiger partial charge in [0.2, 0.25) is 5.91 Å². The Hall–Kier alpha value is -1.14. The van der Waals surface area contributed by atoms with E-state index in [0.29, 0.717) is 17.5 Å². The van der Waals surface area contributed by atoms with Crippen LogP contribution in [0.4, 0.5) is 5.13 Å². The van der Waals surface area contributed by atoms with Gasteiger partial charge >= 0.3 is 0 Å². The second kappa shape index (κ2) is 6.15. The van der Waals surface area contributed by atoms with Gasteiger partial charge in [-0.3, -0.25) is 9.69 Å². The molecule has 0 saturated carbocycles. The molecule has 1 aliphatic rings. The van der Waals surface area contributed by atoms with Crippen LogP contribution in [0.1, 0.15) is 30.6 Å². The first-order chi connectivity index (χ1) is 8.63. The van der Waals surface area contributed by atoms with Gasteiger partial charge in [0.1, 0.15) is 0 Å². The zero-order valence-electron chi connectivity index (χ0n) is 10.5. The molecule has 0 radical (unpaired) electrons. The molecular weight excluding hydrogens is 248 g/mol. The highest BCUT2D eigenvalue weighted by molar-refractivity contribution is 7.15. The number of amides is 1. The number of hydrogen-bond donors (Lipinski definition) is 2. The summed E-state index contributed by atoms with van der Waals surface area (Å²) in [5.74, 6) is 0.402. The molecule has 1 aromatic rings. The van der Waals surface area contributed by atoms with E-state index < -0.39 is 0 Å². The third-order valence-corrected chi connectivity index (χ3v) is 4.16. The van der Waals surface area contributed by atoms with Gasteiger partial charge in [0.15, 0.2) is 5.13 Å². The Balaban J connectivity index is 1.81. The minimum Gasteiger partial charge on any atom is -0.375 e. The summed E-state index contributed by atoms with van der Waals surface area (Å²) in [5.41, 5.74) is 10.8. The summed E-state index contributed by atoms with van der Waals surface area (Å²) >= 11 is 1.55. The number of hydrogen-bond acceptors (Lipinski definition) is 5. The average molecular weight is 268 g/mol. The number of piperidine rings is 1. The SMILES string of the molecule is NC(=O)CCC1CCCN(Cc2cnc(N)s2)C1. The van der Waals surface area contributed by atoms with Gasteiger partial charge in [-0.15, -0.1) is 11.3 Å². The normalized spacial score (nSPS) is 21.0. The molecule has 2 rings (SSSR count). The van der Waals surface area contributed by atoms with Crippen molar-refractivity contribution in [2.45, 2.75) is 32.2 Å². The van der Waals surface area contributed by atoms with Crippen molar-refractivity contribution in [3.63, 3.8) is 0 Å². The highest BCUT2D eigenvalue weighted by Crippen LogP contribution is 2.24. The Kier molecular flexibility index (Phi) is 4.54. The van der Waals surface area contributed by atoms with E-state index in [0.717, 1.165) is 26.1 Å². The highest BCUT2D eigenvalue weighted by atomic mass is 32.1. The first kappa shape index (κ1) is 13.3. The predicted molar refractivity (Wildman–Crippen MR) is 73.0 cm³/mol. The Bertz CT molecular complexity index is 407. The topological polar surface area (TPSA) is 85.2 Å². The van der Waals surface area contributed by atoms with Gasteiger partial charge in [0.25, 0.3) is 0 Å². The van der Waals surface area contributed by atoms with Crippen LogP contribution in [0.3, 0.4) is 0 Å². The molecule has 1 fully saturated rings. The van der Waals surface area contributed by atoms with Crippen molar-refractivity contribution in [1.29, 1.82) is 0 Å². The molecule has 6 heteroatoms. The van der Waals surface area contributed by atoms with E-state index in [9.17, 15) is 4.79 Å². The number of primary amides is 1. The van der Waals surface area contributed by atoms with E-state index in [4.69, 9.17) is 11.5 Å². The Labute approximate surface area is 111 Å². The molecule has 1 aromatic heterocycles. The van der Waals surface area contributed by atoms with Crippen LogP contribution >= 0.6 is 11.3 Å². The lowest BCUT2D eigenvalue weighted by atomic mass is 9.93. The maximum Gasteiger partial charge on any atom is 0.217 e. The number of aromatic nitrogens is 1. The first-order valence-corrected chi connectivity index (χ1v) is 7.16. The summed E-state index contributed by atoms with van der Waals surface area (Å²) in [7, 11) is 0. The molecule has 2 heterocycles. The molecule has 1 unspecified atom stereocenters. The van der Waals surface area contributed by atoms with E-state index >= 15 is 0 Å². The van der Waals surface area contributed by atoms with Crippen molar-refractivity contribution in [2.24, 2.45) is 11.7 Å². The Morgan fingerprint density at radius 1 is 1.61 bits per heavy atom. The fourth-order valence-electron chi connectivity index (χ4n) is 2.49. The molecule has 0 aromatic carbocycles. The highest BCUT2D eigenvalue weighted by Gasteiger charge is 2.20. The Morgan fingerprint density at radius 2 is 2.44 bits per heavy atom. The monoisotopic (exact) mass is 268 g/mol. The molecule has 0 spiro atoms. The van der Waals surface area contributed by atoms with Gasteiger partial charge in [0.05, 0.1) is 0 Å². The largest absolute Gasteiger partial charge is 0.375 e. The lowest BCUT2D eigenvalue weighted by Gasteiger charge is -2.32. The van der Waals surface area contributed by atoms with E-state index in [1.54, 1.807) is 11.3 Å². The maximum absolute atomic E-state index is 10.8. The van der Waals surface area contributed by atoms with E-state index in [1.165, 1.54) is 17.7 Å². The van der Waals surface area contributed by atoms with Crippen LogP contribution in [0.2, 0.25) is 0 Å². The van der Waals surface area contributed by atoms with Crippen LogP contribution in [0.15, 0.2) is 6.20 Å². The number of nitrogens with zero attached hydrogens (tertiary/aromatic N) is 2. The number of anilines is 1. The van der Waals surface area contributed by atoms with Crippen LogP contribution in [-0.2, 0) is 11.3 Å². The van der Waals surface area contributed by atoms with E-state index in [-0.39, 0.29) is 5.91 Å². The van der Waals surface area contributed by atoms with Crippen molar-refractivity contribution in [1.82, 2.24) is 9.88 Å². The number of thiazole rings is 1. The number of nitrogen functional groups attached to an aromatic ring is 1. The average Bonchev–Trinajstić information content (AvgIpc) is 2.73. The summed E-state index contributed by atoms with van der Waals surface area (Å²) in [6.45, 7) is 3.08. The molecular formula is C12H20N4OS. The number of rotatable bonds is 5. The van der Waals surface area contributed by atoms with Gasteiger partial charge in [-0.1, -0.05) is 0 Å². The zero-order valence-corrected chi connectivity index (χ0v) is 11.3. The second-order valence-electron chi connectivity index (χ2n) is 4.91. The van der Waals surface area contributed by atoms with Gasteiger partial charge < -0.3 is 11.5 Å². The number of nitrogens with two attached hydrogens (primary N) is 2. The quantitative estimate of drug-likeness (QED) is 0.840. The molecule has 1 aliphatic heterocycles. The van der Waals surface area contributed by atoms with Crippen LogP contribution in [0.25, 0.3) is 0 Å². The van der Waals surface area contributed by atoms with Crippen LogP contribution in [-0.4, -0.2) is 28.9 Å². The molecule has 0 aliphatic carbocycles. The fraction of sp³-hybridized carbons (Fsp3) is 0.667. The maximum atomic E-state index is 10.8. The lowest BCUT2D eigenvalue weighted by Crippen LogP contribution is -2.35. The van der Waals surface area contributed by atoms with Crippen LogP contribution in [0.5, 0.6) is 0 Å². The van der Waals surface area contributed by atoms with Crippen molar-refractivity contribution in [2.75, 3.05) is 18.8 Å². The molecule has 1 saturated heterocycles. The van der Waals surface area contributed by atoms with Gasteiger partial charge in [-0.05, 0) is 31.7 Å². The molecule has 1 atom stereocenters. The Morgan fingerprint density at radius 3 is 3.11 bits per heavy atom. The van der Waals surface area contributed by atoms with Crippen molar-refractivity contribution in [3.05, 3.63) is 11.1 Å². The molecule has 5 nitrogen and oxygen atoms in total. The van der Waals surface area contributed by atoms with Crippen LogP contribution < -0.4 is 11.5 Å². The number of carbonyl (C=O) groups is 1. The van der Waals surface area contributed by atoms with Crippen molar-refractivity contribution in [3.8, 4) is 0 Å². The van der Waals surface area contributed by atoms with Gasteiger partial charge in [0, 0.05) is 30.6 Å². The molecule has 0 bridgehead atoms. The smallest absolute Gasteiger partial charge is 0.217 e. The number of carbonyl (C=O) groups excluding carboxylic acids is 1. The number of likely N-dealkylation sites (tertiary alicyclic amines) is 1. The first-order valence-electron chi connectivity index (χ1n) is 6.34.